The number of nitrogens with two attached hydrogens (primary N) is 1. The van der Waals surface area contributed by atoms with E-state index in [1.54, 1.807) is 19.2 Å². The van der Waals surface area contributed by atoms with E-state index in [4.69, 9.17) is 10.5 Å². The number of piperidine rings is 1. The minimum absolute atomic E-state index is 0.126. The van der Waals surface area contributed by atoms with Gasteiger partial charge < -0.3 is 15.4 Å². The van der Waals surface area contributed by atoms with E-state index in [1.165, 1.54) is 18.9 Å². The third-order valence-electron chi connectivity index (χ3n) is 4.38. The first-order valence-electron chi connectivity index (χ1n) is 7.48. The normalized spacial score (nSPS) is 21.7. The van der Waals surface area contributed by atoms with Crippen LogP contribution >= 0.6 is 0 Å². The number of likely N-dealkylation sites (tertiary alicyclic amines) is 1. The number of nitrogens with zero attached hydrogens (tertiary/aromatic N) is 1. The van der Waals surface area contributed by atoms with Crippen molar-refractivity contribution in [3.63, 3.8) is 0 Å². The number of likely N-dealkylation sites (N-methyl/N-ethyl adjacent to an activating group) is 1. The molecule has 0 aliphatic carbocycles. The lowest BCUT2D eigenvalue weighted by Crippen LogP contribution is -2.45. The summed E-state index contributed by atoms with van der Waals surface area (Å²) in [6, 6.07) is 5.11. The van der Waals surface area contributed by atoms with E-state index >= 15 is 0 Å². The molecule has 1 aromatic carbocycles. The summed E-state index contributed by atoms with van der Waals surface area (Å²) < 4.78 is 19.0. The molecule has 2 rings (SSSR count). The van der Waals surface area contributed by atoms with Gasteiger partial charge in [-0.1, -0.05) is 13.3 Å². The maximum absolute atomic E-state index is 13.6. The van der Waals surface area contributed by atoms with Crippen LogP contribution in [-0.2, 0) is 0 Å². The van der Waals surface area contributed by atoms with Crippen molar-refractivity contribution in [3.8, 4) is 5.75 Å². The van der Waals surface area contributed by atoms with Crippen LogP contribution in [0.15, 0.2) is 18.2 Å². The second-order valence-electron chi connectivity index (χ2n) is 5.42. The van der Waals surface area contributed by atoms with Crippen LogP contribution < -0.4 is 10.5 Å². The van der Waals surface area contributed by atoms with Crippen molar-refractivity contribution in [2.45, 2.75) is 38.1 Å². The molecule has 1 aliphatic rings. The number of benzene rings is 1. The molecule has 112 valence electrons. The van der Waals surface area contributed by atoms with Gasteiger partial charge in [-0.25, -0.2) is 4.39 Å². The lowest BCUT2D eigenvalue weighted by molar-refractivity contribution is 0.133. The Bertz CT molecular complexity index is 438. The predicted octanol–water partition coefficient (Wildman–Crippen LogP) is 2.75. The molecule has 2 atom stereocenters. The molecule has 0 saturated carbocycles. The van der Waals surface area contributed by atoms with E-state index in [2.05, 4.69) is 11.8 Å². The molecular weight excluding hydrogens is 255 g/mol. The summed E-state index contributed by atoms with van der Waals surface area (Å²) in [7, 11) is 1.63. The maximum atomic E-state index is 13.6. The summed E-state index contributed by atoms with van der Waals surface area (Å²) in [4.78, 5) is 2.46. The molecule has 1 heterocycles. The van der Waals surface area contributed by atoms with Crippen molar-refractivity contribution in [3.05, 3.63) is 29.6 Å². The molecule has 1 aromatic rings. The minimum Gasteiger partial charge on any atom is -0.496 e. The summed E-state index contributed by atoms with van der Waals surface area (Å²) in [6.45, 7) is 4.81. The molecule has 0 aromatic heterocycles. The largest absolute Gasteiger partial charge is 0.496 e. The fourth-order valence-electron chi connectivity index (χ4n) is 3.35. The van der Waals surface area contributed by atoms with Crippen LogP contribution in [0, 0.1) is 5.82 Å². The van der Waals surface area contributed by atoms with Crippen LogP contribution in [0.2, 0.25) is 0 Å². The first kappa shape index (κ1) is 15.3. The topological polar surface area (TPSA) is 38.5 Å². The average Bonchev–Trinajstić information content (AvgIpc) is 2.49. The van der Waals surface area contributed by atoms with Crippen molar-refractivity contribution >= 4 is 0 Å². The molecule has 0 amide bonds. The number of halogens is 1. The lowest BCUT2D eigenvalue weighted by Gasteiger charge is -2.40. The molecule has 0 spiro atoms. The van der Waals surface area contributed by atoms with E-state index in [9.17, 15) is 4.39 Å². The first-order valence-corrected chi connectivity index (χ1v) is 7.48. The molecule has 1 fully saturated rings. The Morgan fingerprint density at radius 3 is 2.90 bits per heavy atom. The average molecular weight is 280 g/mol. The van der Waals surface area contributed by atoms with Gasteiger partial charge in [-0.3, -0.25) is 0 Å². The van der Waals surface area contributed by atoms with Gasteiger partial charge in [0.25, 0.3) is 0 Å². The highest BCUT2D eigenvalue weighted by Gasteiger charge is 2.31. The zero-order chi connectivity index (χ0) is 14.5. The molecular formula is C16H25FN2O. The Labute approximate surface area is 120 Å². The van der Waals surface area contributed by atoms with E-state index in [-0.39, 0.29) is 11.7 Å². The second kappa shape index (κ2) is 7.04. The Morgan fingerprint density at radius 2 is 2.25 bits per heavy atom. The van der Waals surface area contributed by atoms with Gasteiger partial charge >= 0.3 is 0 Å². The summed E-state index contributed by atoms with van der Waals surface area (Å²) in [5.41, 5.74) is 6.92. The number of hydrogen-bond acceptors (Lipinski definition) is 3. The zero-order valence-corrected chi connectivity index (χ0v) is 12.4. The molecule has 0 radical (unpaired) electrons. The molecule has 3 nitrogen and oxygen atoms in total. The first-order chi connectivity index (χ1) is 9.71. The van der Waals surface area contributed by atoms with Gasteiger partial charge in [0.05, 0.1) is 7.11 Å². The zero-order valence-electron chi connectivity index (χ0n) is 12.4. The monoisotopic (exact) mass is 280 g/mol. The maximum Gasteiger partial charge on any atom is 0.123 e. The quantitative estimate of drug-likeness (QED) is 0.901. The van der Waals surface area contributed by atoms with Crippen LogP contribution in [0.3, 0.4) is 0 Å². The summed E-state index contributed by atoms with van der Waals surface area (Å²) >= 11 is 0. The molecule has 1 saturated heterocycles. The van der Waals surface area contributed by atoms with Crippen LogP contribution in [0.4, 0.5) is 4.39 Å². The van der Waals surface area contributed by atoms with Crippen molar-refractivity contribution in [1.82, 2.24) is 4.90 Å². The fraction of sp³-hybridized carbons (Fsp3) is 0.625. The van der Waals surface area contributed by atoms with E-state index in [0.717, 1.165) is 30.8 Å². The van der Waals surface area contributed by atoms with Gasteiger partial charge in [0.1, 0.15) is 11.6 Å². The van der Waals surface area contributed by atoms with Gasteiger partial charge in [0, 0.05) is 24.1 Å². The summed E-state index contributed by atoms with van der Waals surface area (Å²) in [5.74, 6) is 0.641. The number of ether oxygens (including phenoxy) is 1. The minimum atomic E-state index is -0.224. The van der Waals surface area contributed by atoms with Crippen LogP contribution in [0.5, 0.6) is 5.75 Å². The van der Waals surface area contributed by atoms with Crippen molar-refractivity contribution in [2.24, 2.45) is 5.73 Å². The smallest absolute Gasteiger partial charge is 0.123 e. The molecule has 20 heavy (non-hydrogen) atoms. The highest BCUT2D eigenvalue weighted by atomic mass is 19.1. The molecule has 2 N–H and O–H groups in total. The van der Waals surface area contributed by atoms with Crippen molar-refractivity contribution in [2.75, 3.05) is 26.7 Å². The Morgan fingerprint density at radius 1 is 1.45 bits per heavy atom. The molecule has 2 unspecified atom stereocenters. The standard InChI is InChI=1S/C16H25FN2O/c1-3-19-9-5-4-6-15(19)14(11-18)13-10-12(17)7-8-16(13)20-2/h7-8,10,14-15H,3-6,9,11,18H2,1-2H3. The number of hydrogen-bond donors (Lipinski definition) is 1. The number of methoxy groups -OCH3 is 1. The van der Waals surface area contributed by atoms with Crippen LogP contribution in [-0.4, -0.2) is 37.7 Å². The third-order valence-corrected chi connectivity index (χ3v) is 4.38. The highest BCUT2D eigenvalue weighted by molar-refractivity contribution is 5.38. The third kappa shape index (κ3) is 3.13. The van der Waals surface area contributed by atoms with Gasteiger partial charge in [0.15, 0.2) is 0 Å². The molecule has 0 bridgehead atoms. The SMILES string of the molecule is CCN1CCCCC1C(CN)c1cc(F)ccc1OC. The Hall–Kier alpha value is -1.13. The van der Waals surface area contributed by atoms with Gasteiger partial charge in [-0.05, 0) is 44.1 Å². The van der Waals surface area contributed by atoms with Gasteiger partial charge in [-0.15, -0.1) is 0 Å². The van der Waals surface area contributed by atoms with Crippen molar-refractivity contribution in [1.29, 1.82) is 0 Å². The Kier molecular flexibility index (Phi) is 5.38. The van der Waals surface area contributed by atoms with E-state index in [0.29, 0.717) is 12.6 Å². The second-order valence-corrected chi connectivity index (χ2v) is 5.42. The molecule has 1 aliphatic heterocycles. The van der Waals surface area contributed by atoms with Gasteiger partial charge in [0.2, 0.25) is 0 Å². The lowest BCUT2D eigenvalue weighted by atomic mass is 9.84. The van der Waals surface area contributed by atoms with E-state index < -0.39 is 0 Å². The molecule has 4 heteroatoms. The van der Waals surface area contributed by atoms with Crippen LogP contribution in [0.1, 0.15) is 37.7 Å². The summed E-state index contributed by atoms with van der Waals surface area (Å²) in [5, 5.41) is 0. The Balaban J connectivity index is 2.33. The van der Waals surface area contributed by atoms with E-state index in [1.807, 2.05) is 0 Å². The van der Waals surface area contributed by atoms with Gasteiger partial charge in [-0.2, -0.15) is 0 Å². The fourth-order valence-corrected chi connectivity index (χ4v) is 3.35. The van der Waals surface area contributed by atoms with Crippen LogP contribution in [0.25, 0.3) is 0 Å². The highest BCUT2D eigenvalue weighted by Crippen LogP contribution is 2.35. The predicted molar refractivity (Wildman–Crippen MR) is 79.6 cm³/mol. The number of rotatable bonds is 5. The summed E-state index contributed by atoms with van der Waals surface area (Å²) in [6.07, 6.45) is 3.58. The van der Waals surface area contributed by atoms with Crippen molar-refractivity contribution < 1.29 is 9.13 Å².